The lowest BCUT2D eigenvalue weighted by molar-refractivity contribution is 0.0779. The van der Waals surface area contributed by atoms with Gasteiger partial charge >= 0.3 is 0 Å². The maximum absolute atomic E-state index is 13.6. The molecule has 6 nitrogen and oxygen atoms in total. The number of ether oxygens (including phenoxy) is 1. The summed E-state index contributed by atoms with van der Waals surface area (Å²) >= 11 is 6.45. The van der Waals surface area contributed by atoms with Crippen LogP contribution in [0.1, 0.15) is 47.7 Å². The second-order valence-corrected chi connectivity index (χ2v) is 8.88. The van der Waals surface area contributed by atoms with Crippen molar-refractivity contribution in [2.24, 2.45) is 7.05 Å². The highest BCUT2D eigenvalue weighted by Crippen LogP contribution is 2.41. The molecule has 164 valence electrons. The summed E-state index contributed by atoms with van der Waals surface area (Å²) in [6, 6.07) is 11.9. The van der Waals surface area contributed by atoms with Gasteiger partial charge in [-0.1, -0.05) is 37.1 Å². The standard InChI is InChI=1S/C24H29ClN4O2/c1-5-10-24(18-8-6-16(2)20(25)14-18)11-12-29(15-24)23(30)19-13-17(7-9-21(19)31-4)22-26-28(3)27-22/h6-9,13-14H,5,10-12,15H2,1-4H3,(H,26,27)/t24-/m0/s1. The van der Waals surface area contributed by atoms with Crippen molar-refractivity contribution >= 4 is 17.5 Å². The first-order valence-electron chi connectivity index (χ1n) is 10.7. The van der Waals surface area contributed by atoms with Crippen molar-refractivity contribution in [2.75, 3.05) is 20.2 Å². The number of aromatic amines is 1. The van der Waals surface area contributed by atoms with E-state index >= 15 is 0 Å². The Hall–Kier alpha value is -2.73. The molecule has 0 spiro atoms. The molecule has 31 heavy (non-hydrogen) atoms. The van der Waals surface area contributed by atoms with Gasteiger partial charge in [0.25, 0.3) is 5.91 Å². The maximum Gasteiger partial charge on any atom is 0.257 e. The second-order valence-electron chi connectivity index (χ2n) is 8.47. The van der Waals surface area contributed by atoms with E-state index in [0.29, 0.717) is 24.4 Å². The van der Waals surface area contributed by atoms with E-state index < -0.39 is 0 Å². The van der Waals surface area contributed by atoms with Gasteiger partial charge in [-0.2, -0.15) is 0 Å². The molecule has 0 unspecified atom stereocenters. The number of hydrogen-bond acceptors (Lipinski definition) is 3. The first kappa shape index (κ1) is 21.5. The van der Waals surface area contributed by atoms with Crippen LogP contribution in [0.4, 0.5) is 0 Å². The van der Waals surface area contributed by atoms with E-state index in [0.717, 1.165) is 41.2 Å². The van der Waals surface area contributed by atoms with E-state index in [1.54, 1.807) is 11.9 Å². The van der Waals surface area contributed by atoms with Crippen LogP contribution in [-0.2, 0) is 12.5 Å². The van der Waals surface area contributed by atoms with Crippen LogP contribution in [0, 0.1) is 6.92 Å². The molecule has 0 aliphatic carbocycles. The molecule has 1 saturated heterocycles. The zero-order valence-corrected chi connectivity index (χ0v) is 19.3. The summed E-state index contributed by atoms with van der Waals surface area (Å²) < 4.78 is 5.51. The Morgan fingerprint density at radius 2 is 2.06 bits per heavy atom. The van der Waals surface area contributed by atoms with Gasteiger partial charge in [-0.3, -0.25) is 9.89 Å². The van der Waals surface area contributed by atoms with Gasteiger partial charge in [-0.15, -0.1) is 5.10 Å². The predicted octanol–water partition coefficient (Wildman–Crippen LogP) is 4.97. The number of nitrogens with one attached hydrogen (secondary N) is 1. The van der Waals surface area contributed by atoms with E-state index in [1.165, 1.54) is 5.56 Å². The van der Waals surface area contributed by atoms with Gasteiger partial charge in [0.1, 0.15) is 5.75 Å². The average molecular weight is 441 g/mol. The molecule has 1 amide bonds. The molecular weight excluding hydrogens is 412 g/mol. The molecule has 1 atom stereocenters. The Bertz CT molecular complexity index is 1090. The minimum Gasteiger partial charge on any atom is -0.496 e. The van der Waals surface area contributed by atoms with E-state index in [4.69, 9.17) is 16.3 Å². The van der Waals surface area contributed by atoms with Crippen molar-refractivity contribution in [1.82, 2.24) is 19.9 Å². The first-order chi connectivity index (χ1) is 14.9. The topological polar surface area (TPSA) is 63.2 Å². The van der Waals surface area contributed by atoms with Crippen molar-refractivity contribution in [3.8, 4) is 17.1 Å². The minimum absolute atomic E-state index is 0.0110. The summed E-state index contributed by atoms with van der Waals surface area (Å²) in [5, 5.41) is 8.19. The van der Waals surface area contributed by atoms with E-state index in [1.807, 2.05) is 37.1 Å². The molecule has 1 fully saturated rings. The highest BCUT2D eigenvalue weighted by atomic mass is 35.5. The van der Waals surface area contributed by atoms with Gasteiger partial charge in [0, 0.05) is 36.1 Å². The van der Waals surface area contributed by atoms with Gasteiger partial charge in [-0.05, 0) is 55.2 Å². The quantitative estimate of drug-likeness (QED) is 0.588. The van der Waals surface area contributed by atoms with Crippen LogP contribution in [0.15, 0.2) is 36.4 Å². The number of nitrogens with zero attached hydrogens (tertiary/aromatic N) is 3. The van der Waals surface area contributed by atoms with Crippen LogP contribution in [0.25, 0.3) is 11.4 Å². The van der Waals surface area contributed by atoms with Gasteiger partial charge in [-0.25, -0.2) is 4.80 Å². The van der Waals surface area contributed by atoms with Crippen molar-refractivity contribution in [2.45, 2.75) is 38.5 Å². The highest BCUT2D eigenvalue weighted by Gasteiger charge is 2.41. The number of carbonyl (C=O) groups is 1. The maximum atomic E-state index is 13.6. The lowest BCUT2D eigenvalue weighted by atomic mass is 9.76. The fraction of sp³-hybridized carbons (Fsp3) is 0.417. The Morgan fingerprint density at radius 3 is 2.71 bits per heavy atom. The second kappa shape index (κ2) is 8.42. The monoisotopic (exact) mass is 440 g/mol. The number of benzene rings is 2. The van der Waals surface area contributed by atoms with Gasteiger partial charge in [0.05, 0.1) is 12.7 Å². The molecule has 0 saturated carbocycles. The van der Waals surface area contributed by atoms with Crippen molar-refractivity contribution < 1.29 is 9.53 Å². The van der Waals surface area contributed by atoms with Crippen LogP contribution in [0.3, 0.4) is 0 Å². The number of aryl methyl sites for hydroxylation is 2. The number of hydrogen-bond donors (Lipinski definition) is 1. The first-order valence-corrected chi connectivity index (χ1v) is 11.1. The van der Waals surface area contributed by atoms with E-state index in [2.05, 4.69) is 35.3 Å². The third-order valence-corrected chi connectivity index (χ3v) is 6.78. The summed E-state index contributed by atoms with van der Waals surface area (Å²) in [5.74, 6) is 1.31. The van der Waals surface area contributed by atoms with Crippen LogP contribution in [-0.4, -0.2) is 46.0 Å². The Kier molecular flexibility index (Phi) is 5.84. The zero-order chi connectivity index (χ0) is 22.2. The molecule has 1 aliphatic rings. The largest absolute Gasteiger partial charge is 0.496 e. The fourth-order valence-electron chi connectivity index (χ4n) is 4.65. The van der Waals surface area contributed by atoms with Gasteiger partial charge in [0.15, 0.2) is 5.82 Å². The SMILES string of the molecule is CCC[C@]1(c2ccc(C)c(Cl)c2)CCN(C(=O)c2cc(-c3nn(C)[nH]3)ccc2OC)C1. The molecule has 0 radical (unpaired) electrons. The number of halogens is 1. The molecule has 2 heterocycles. The Morgan fingerprint density at radius 1 is 1.29 bits per heavy atom. The molecular formula is C24H29ClN4O2. The Balaban J connectivity index is 1.64. The Labute approximate surface area is 188 Å². The normalized spacial score (nSPS) is 18.5. The third-order valence-electron chi connectivity index (χ3n) is 6.37. The lowest BCUT2D eigenvalue weighted by Crippen LogP contribution is -2.34. The molecule has 1 aliphatic heterocycles. The summed E-state index contributed by atoms with van der Waals surface area (Å²) in [6.07, 6.45) is 2.98. The average Bonchev–Trinajstić information content (AvgIpc) is 3.18. The fourth-order valence-corrected chi connectivity index (χ4v) is 4.83. The molecule has 3 aromatic rings. The van der Waals surface area contributed by atoms with Crippen molar-refractivity contribution in [1.29, 1.82) is 0 Å². The summed E-state index contributed by atoms with van der Waals surface area (Å²) in [7, 11) is 3.42. The van der Waals surface area contributed by atoms with Crippen molar-refractivity contribution in [3.05, 3.63) is 58.1 Å². The molecule has 4 rings (SSSR count). The summed E-state index contributed by atoms with van der Waals surface area (Å²) in [6.45, 7) is 5.59. The van der Waals surface area contributed by atoms with Crippen LogP contribution < -0.4 is 4.74 Å². The number of carbonyl (C=O) groups excluding carboxylic acids is 1. The molecule has 2 aromatic carbocycles. The molecule has 1 N–H and O–H groups in total. The summed E-state index contributed by atoms with van der Waals surface area (Å²) in [4.78, 5) is 17.1. The predicted molar refractivity (Wildman–Crippen MR) is 123 cm³/mol. The zero-order valence-electron chi connectivity index (χ0n) is 18.5. The molecule has 1 aromatic heterocycles. The minimum atomic E-state index is -0.0745. The number of rotatable bonds is 6. The van der Waals surface area contributed by atoms with Crippen LogP contribution in [0.5, 0.6) is 5.75 Å². The van der Waals surface area contributed by atoms with Gasteiger partial charge < -0.3 is 9.64 Å². The molecule has 7 heteroatoms. The number of H-pyrrole nitrogens is 1. The lowest BCUT2D eigenvalue weighted by Gasteiger charge is -2.30. The number of aromatic nitrogens is 3. The number of likely N-dealkylation sites (tertiary alicyclic amines) is 1. The van der Waals surface area contributed by atoms with E-state index in [9.17, 15) is 4.79 Å². The van der Waals surface area contributed by atoms with Crippen molar-refractivity contribution in [3.63, 3.8) is 0 Å². The molecule has 0 bridgehead atoms. The van der Waals surface area contributed by atoms with Gasteiger partial charge in [0.2, 0.25) is 0 Å². The van der Waals surface area contributed by atoms with E-state index in [-0.39, 0.29) is 11.3 Å². The third kappa shape index (κ3) is 3.97. The summed E-state index contributed by atoms with van der Waals surface area (Å²) in [5.41, 5.74) is 3.65. The smallest absolute Gasteiger partial charge is 0.257 e. The van der Waals surface area contributed by atoms with Crippen LogP contribution >= 0.6 is 11.6 Å². The number of methoxy groups -OCH3 is 1. The number of amides is 1. The van der Waals surface area contributed by atoms with Crippen LogP contribution in [0.2, 0.25) is 5.02 Å². The highest BCUT2D eigenvalue weighted by molar-refractivity contribution is 6.31.